The molecule has 16 heavy (non-hydrogen) atoms. The topological polar surface area (TPSA) is 37.8 Å². The summed E-state index contributed by atoms with van der Waals surface area (Å²) in [7, 11) is 0. The van der Waals surface area contributed by atoms with Gasteiger partial charge in [0.2, 0.25) is 0 Å². The fourth-order valence-corrected chi connectivity index (χ4v) is 4.24. The number of anilines is 1. The number of hydrogen-bond acceptors (Lipinski definition) is 4. The molecule has 2 heterocycles. The second-order valence-corrected chi connectivity index (χ2v) is 6.30. The van der Waals surface area contributed by atoms with Gasteiger partial charge < -0.3 is 0 Å². The maximum atomic E-state index is 4.49. The zero-order valence-electron chi connectivity index (χ0n) is 8.85. The Bertz CT molecular complexity index is 479. The molecule has 0 unspecified atom stereocenters. The van der Waals surface area contributed by atoms with Gasteiger partial charge in [0.1, 0.15) is 0 Å². The summed E-state index contributed by atoms with van der Waals surface area (Å²) >= 11 is 2.13. The van der Waals surface area contributed by atoms with Crippen LogP contribution in [0.1, 0.15) is 12.8 Å². The van der Waals surface area contributed by atoms with Crippen molar-refractivity contribution < 1.29 is 0 Å². The van der Waals surface area contributed by atoms with Crippen molar-refractivity contribution in [3.63, 3.8) is 0 Å². The molecular weight excluding hydrogens is 285 g/mol. The van der Waals surface area contributed by atoms with Crippen LogP contribution in [0.3, 0.4) is 0 Å². The predicted octanol–water partition coefficient (Wildman–Crippen LogP) is 1.99. The Balaban J connectivity index is 1.85. The van der Waals surface area contributed by atoms with Crippen LogP contribution in [0.5, 0.6) is 0 Å². The van der Waals surface area contributed by atoms with Gasteiger partial charge >= 0.3 is 105 Å². The molecule has 0 bridgehead atoms. The number of aromatic nitrogens is 2. The Kier molecular flexibility index (Phi) is 3.18. The first-order valence-corrected chi connectivity index (χ1v) is 8.18. The van der Waals surface area contributed by atoms with E-state index in [0.29, 0.717) is 6.04 Å². The monoisotopic (exact) mass is 299 g/mol. The molecule has 5 heteroatoms. The second kappa shape index (κ2) is 4.78. The zero-order chi connectivity index (χ0) is 10.8. The maximum absolute atomic E-state index is 4.49. The number of benzene rings is 1. The van der Waals surface area contributed by atoms with Gasteiger partial charge in [0.15, 0.2) is 0 Å². The van der Waals surface area contributed by atoms with Gasteiger partial charge in [-0.3, -0.25) is 0 Å². The van der Waals surface area contributed by atoms with Crippen LogP contribution in [0, 0.1) is 0 Å². The summed E-state index contributed by atoms with van der Waals surface area (Å²) < 4.78 is 8.90. The summed E-state index contributed by atoms with van der Waals surface area (Å²) in [5.74, 6) is 2.55. The van der Waals surface area contributed by atoms with Crippen LogP contribution in [0.2, 0.25) is 0 Å². The third-order valence-electron chi connectivity index (χ3n) is 2.87. The number of nitrogens with zero attached hydrogens (tertiary/aromatic N) is 2. The Labute approximate surface area is 105 Å². The van der Waals surface area contributed by atoms with Crippen molar-refractivity contribution >= 4 is 43.4 Å². The van der Waals surface area contributed by atoms with E-state index in [4.69, 9.17) is 0 Å². The third-order valence-corrected chi connectivity index (χ3v) is 5.05. The Hall–Kier alpha value is -0.511. The van der Waals surface area contributed by atoms with E-state index in [1.807, 2.05) is 0 Å². The first kappa shape index (κ1) is 10.6. The van der Waals surface area contributed by atoms with E-state index in [9.17, 15) is 0 Å². The van der Waals surface area contributed by atoms with E-state index >= 15 is 0 Å². The van der Waals surface area contributed by atoms with Crippen molar-refractivity contribution in [2.45, 2.75) is 18.9 Å². The first-order valence-electron chi connectivity index (χ1n) is 5.49. The van der Waals surface area contributed by atoms with Crippen LogP contribution in [0.25, 0.3) is 11.0 Å². The van der Waals surface area contributed by atoms with Gasteiger partial charge in [-0.1, -0.05) is 0 Å². The van der Waals surface area contributed by atoms with Crippen LogP contribution in [0.4, 0.5) is 5.69 Å². The number of thioether (sulfide) groups is 1. The van der Waals surface area contributed by atoms with E-state index in [0.717, 1.165) is 11.0 Å². The fourth-order valence-electron chi connectivity index (χ4n) is 1.98. The van der Waals surface area contributed by atoms with Crippen LogP contribution in [0.15, 0.2) is 18.2 Å². The third kappa shape index (κ3) is 2.12. The molecule has 2 aromatic rings. The van der Waals surface area contributed by atoms with Crippen molar-refractivity contribution in [1.82, 2.24) is 7.96 Å². The molecule has 3 nitrogen and oxygen atoms in total. The summed E-state index contributed by atoms with van der Waals surface area (Å²) in [6, 6.07) is 6.87. The van der Waals surface area contributed by atoms with Gasteiger partial charge in [-0.15, -0.1) is 0 Å². The molecule has 3 rings (SSSR count). The van der Waals surface area contributed by atoms with Gasteiger partial charge in [-0.25, -0.2) is 0 Å². The molecule has 0 spiro atoms. The van der Waals surface area contributed by atoms with Crippen LogP contribution in [-0.4, -0.2) is 40.5 Å². The summed E-state index contributed by atoms with van der Waals surface area (Å²) in [5, 5.41) is 3.62. The number of nitrogens with one attached hydrogen (secondary N) is 1. The molecule has 1 aliphatic rings. The molecular formula is C11H13N3SSe. The van der Waals surface area contributed by atoms with E-state index in [1.165, 1.54) is 30.0 Å². The SMILES string of the molecule is c1cc(NC2CCSCC2)c2n[se]nc2c1. The average Bonchev–Trinajstić information content (AvgIpc) is 2.80. The molecule has 1 aromatic carbocycles. The Morgan fingerprint density at radius 1 is 1.25 bits per heavy atom. The van der Waals surface area contributed by atoms with E-state index in [2.05, 4.69) is 43.2 Å². The average molecular weight is 298 g/mol. The number of rotatable bonds is 2. The predicted molar refractivity (Wildman–Crippen MR) is 70.4 cm³/mol. The molecule has 1 fully saturated rings. The summed E-state index contributed by atoms with van der Waals surface area (Å²) in [6.07, 6.45) is 2.52. The molecule has 0 radical (unpaired) electrons. The molecule has 0 amide bonds. The van der Waals surface area contributed by atoms with Gasteiger partial charge in [-0.05, 0) is 0 Å². The summed E-state index contributed by atoms with van der Waals surface area (Å²) in [5.41, 5.74) is 3.33. The van der Waals surface area contributed by atoms with Gasteiger partial charge in [-0.2, -0.15) is 0 Å². The fraction of sp³-hybridized carbons (Fsp3) is 0.455. The van der Waals surface area contributed by atoms with Crippen LogP contribution < -0.4 is 5.32 Å². The van der Waals surface area contributed by atoms with Gasteiger partial charge in [0.25, 0.3) is 0 Å². The van der Waals surface area contributed by atoms with Gasteiger partial charge in [0, 0.05) is 0 Å². The van der Waals surface area contributed by atoms with Crippen molar-refractivity contribution in [3.8, 4) is 0 Å². The summed E-state index contributed by atoms with van der Waals surface area (Å²) in [6.45, 7) is 0. The minimum absolute atomic E-state index is 0.0720. The molecule has 0 atom stereocenters. The van der Waals surface area contributed by atoms with Crippen LogP contribution >= 0.6 is 11.8 Å². The van der Waals surface area contributed by atoms with E-state index < -0.39 is 0 Å². The normalized spacial score (nSPS) is 17.8. The Morgan fingerprint density at radius 3 is 3.00 bits per heavy atom. The quantitative estimate of drug-likeness (QED) is 0.861. The van der Waals surface area contributed by atoms with Crippen molar-refractivity contribution in [2.24, 2.45) is 0 Å². The molecule has 1 aromatic heterocycles. The number of hydrogen-bond donors (Lipinski definition) is 1. The molecule has 0 saturated carbocycles. The zero-order valence-corrected chi connectivity index (χ0v) is 11.4. The van der Waals surface area contributed by atoms with Gasteiger partial charge in [0.05, 0.1) is 0 Å². The Morgan fingerprint density at radius 2 is 2.12 bits per heavy atom. The molecule has 1 N–H and O–H groups in total. The van der Waals surface area contributed by atoms with E-state index in [-0.39, 0.29) is 15.0 Å². The van der Waals surface area contributed by atoms with Crippen molar-refractivity contribution in [2.75, 3.05) is 16.8 Å². The molecule has 1 aliphatic heterocycles. The van der Waals surface area contributed by atoms with Crippen molar-refractivity contribution in [1.29, 1.82) is 0 Å². The van der Waals surface area contributed by atoms with E-state index in [1.54, 1.807) is 0 Å². The summed E-state index contributed by atoms with van der Waals surface area (Å²) in [4.78, 5) is 0. The first-order chi connectivity index (χ1) is 7.93. The molecule has 0 aliphatic carbocycles. The number of fused-ring (bicyclic) bond motifs is 1. The van der Waals surface area contributed by atoms with Crippen molar-refractivity contribution in [3.05, 3.63) is 18.2 Å². The second-order valence-electron chi connectivity index (χ2n) is 3.97. The standard InChI is InChI=1S/C11H13N3SSe/c1-2-9(11-10(3-1)13-16-14-11)12-8-4-6-15-7-5-8/h1-3,8,12H,4-7H2. The van der Waals surface area contributed by atoms with Crippen LogP contribution in [-0.2, 0) is 0 Å². The minimum atomic E-state index is 0.0720. The molecule has 84 valence electrons. The molecule has 1 saturated heterocycles.